The number of hydrogen-bond donors (Lipinski definition) is 4. The molecule has 1 saturated heterocycles. The molecular formula is C31H40Cl2N4O4. The number of ether oxygens (including phenoxy) is 1. The molecule has 1 atom stereocenters. The molecule has 41 heavy (non-hydrogen) atoms. The van der Waals surface area contributed by atoms with E-state index in [9.17, 15) is 14.7 Å². The zero-order valence-corrected chi connectivity index (χ0v) is 24.7. The van der Waals surface area contributed by atoms with Crippen LogP contribution in [0.15, 0.2) is 84.9 Å². The Morgan fingerprint density at radius 3 is 2.22 bits per heavy atom. The van der Waals surface area contributed by atoms with Gasteiger partial charge in [0.2, 0.25) is 5.60 Å². The minimum Gasteiger partial charge on any atom is -0.463 e. The molecule has 3 aromatic rings. The van der Waals surface area contributed by atoms with Crippen LogP contribution in [0, 0.1) is 5.92 Å². The average molecular weight is 604 g/mol. The van der Waals surface area contributed by atoms with Gasteiger partial charge < -0.3 is 26.2 Å². The molecule has 1 heterocycles. The molecule has 0 aromatic heterocycles. The third-order valence-electron chi connectivity index (χ3n) is 7.10. The standard InChI is InChI=1S/C31H38N4O4.2ClH/c32-17-8-18-33-30(37)34-28-14-7-13-27(21-28)31(38,26-11-5-2-6-12-26)29(36)39-23-25-15-19-35(20-16-25)22-24-9-3-1-4-10-24;;/h1-7,9-14,21,25,38H,8,15-20,22-23,32H2,(H2,33,34,37);2*1H. The van der Waals surface area contributed by atoms with Gasteiger partial charge in [0, 0.05) is 24.3 Å². The molecule has 222 valence electrons. The van der Waals surface area contributed by atoms with E-state index >= 15 is 0 Å². The van der Waals surface area contributed by atoms with Crippen LogP contribution < -0.4 is 16.4 Å². The molecule has 4 rings (SSSR count). The monoisotopic (exact) mass is 602 g/mol. The molecule has 1 aliphatic rings. The second kappa shape index (κ2) is 17.0. The fourth-order valence-corrected chi connectivity index (χ4v) is 4.83. The van der Waals surface area contributed by atoms with Crippen molar-refractivity contribution in [3.05, 3.63) is 102 Å². The Balaban J connectivity index is 0.00000294. The molecule has 1 unspecified atom stereocenters. The highest BCUT2D eigenvalue weighted by Gasteiger charge is 2.42. The van der Waals surface area contributed by atoms with Gasteiger partial charge in [-0.2, -0.15) is 0 Å². The lowest BCUT2D eigenvalue weighted by Gasteiger charge is -2.33. The van der Waals surface area contributed by atoms with Gasteiger partial charge in [-0.15, -0.1) is 24.8 Å². The van der Waals surface area contributed by atoms with Gasteiger partial charge in [-0.25, -0.2) is 9.59 Å². The topological polar surface area (TPSA) is 117 Å². The number of amides is 2. The highest BCUT2D eigenvalue weighted by Crippen LogP contribution is 2.33. The lowest BCUT2D eigenvalue weighted by molar-refractivity contribution is -0.164. The summed E-state index contributed by atoms with van der Waals surface area (Å²) in [5.41, 5.74) is 5.91. The first-order chi connectivity index (χ1) is 19.0. The van der Waals surface area contributed by atoms with Crippen molar-refractivity contribution in [3.63, 3.8) is 0 Å². The minimum atomic E-state index is -2.02. The predicted octanol–water partition coefficient (Wildman–Crippen LogP) is 4.69. The number of rotatable bonds is 11. The summed E-state index contributed by atoms with van der Waals surface area (Å²) in [6, 6.07) is 25.4. The van der Waals surface area contributed by atoms with Crippen LogP contribution in [0.4, 0.5) is 10.5 Å². The zero-order chi connectivity index (χ0) is 27.5. The second-order valence-corrected chi connectivity index (χ2v) is 9.98. The first kappa shape index (κ1) is 34.1. The summed E-state index contributed by atoms with van der Waals surface area (Å²) in [6.45, 7) is 3.95. The molecule has 1 fully saturated rings. The van der Waals surface area contributed by atoms with Gasteiger partial charge in [0.1, 0.15) is 0 Å². The molecule has 0 aliphatic carbocycles. The van der Waals surface area contributed by atoms with Gasteiger partial charge in [-0.3, -0.25) is 4.90 Å². The SMILES string of the molecule is Cl.Cl.NCCCNC(=O)Nc1cccc(C(O)(C(=O)OCC2CCN(Cc3ccccc3)CC2)c2ccccc2)c1. The molecule has 1 aliphatic heterocycles. The number of nitrogens with two attached hydrogens (primary N) is 1. The van der Waals surface area contributed by atoms with Gasteiger partial charge >= 0.3 is 12.0 Å². The number of nitrogens with zero attached hydrogens (tertiary/aromatic N) is 1. The highest BCUT2D eigenvalue weighted by molar-refractivity contribution is 5.90. The molecule has 2 amide bonds. The number of hydrogen-bond acceptors (Lipinski definition) is 6. The fourth-order valence-electron chi connectivity index (χ4n) is 4.83. The number of carbonyl (C=O) groups is 2. The summed E-state index contributed by atoms with van der Waals surface area (Å²) in [5, 5.41) is 17.3. The summed E-state index contributed by atoms with van der Waals surface area (Å²) in [4.78, 5) is 28.2. The molecule has 0 spiro atoms. The summed E-state index contributed by atoms with van der Waals surface area (Å²) in [7, 11) is 0. The Morgan fingerprint density at radius 2 is 1.56 bits per heavy atom. The van der Waals surface area contributed by atoms with Crippen molar-refractivity contribution < 1.29 is 19.4 Å². The number of nitrogens with one attached hydrogen (secondary N) is 2. The largest absolute Gasteiger partial charge is 0.463 e. The van der Waals surface area contributed by atoms with Crippen LogP contribution in [0.5, 0.6) is 0 Å². The number of aliphatic hydroxyl groups is 1. The Hall–Kier alpha value is -3.14. The van der Waals surface area contributed by atoms with Crippen molar-refractivity contribution in [1.29, 1.82) is 0 Å². The minimum absolute atomic E-state index is 0. The number of carbonyl (C=O) groups excluding carboxylic acids is 2. The van der Waals surface area contributed by atoms with E-state index in [0.717, 1.165) is 32.5 Å². The number of halogens is 2. The number of anilines is 1. The normalized spacial score (nSPS) is 15.0. The molecule has 5 N–H and O–H groups in total. The van der Waals surface area contributed by atoms with Crippen molar-refractivity contribution in [2.75, 3.05) is 38.1 Å². The van der Waals surface area contributed by atoms with E-state index in [4.69, 9.17) is 10.5 Å². The lowest BCUT2D eigenvalue weighted by Crippen LogP contribution is -2.40. The lowest BCUT2D eigenvalue weighted by atomic mass is 9.86. The predicted molar refractivity (Wildman–Crippen MR) is 166 cm³/mol. The van der Waals surface area contributed by atoms with Gasteiger partial charge in [-0.1, -0.05) is 72.8 Å². The maximum atomic E-state index is 13.5. The molecule has 10 heteroatoms. The van der Waals surface area contributed by atoms with E-state index in [1.807, 2.05) is 12.1 Å². The summed E-state index contributed by atoms with van der Waals surface area (Å²) in [5.74, 6) is -0.504. The molecule has 3 aromatic carbocycles. The van der Waals surface area contributed by atoms with Gasteiger partial charge in [0.25, 0.3) is 0 Å². The Bertz CT molecular complexity index is 1210. The highest BCUT2D eigenvalue weighted by atomic mass is 35.5. The quantitative estimate of drug-likeness (QED) is 0.187. The average Bonchev–Trinajstić information content (AvgIpc) is 2.97. The van der Waals surface area contributed by atoms with E-state index in [-0.39, 0.29) is 43.4 Å². The summed E-state index contributed by atoms with van der Waals surface area (Å²) >= 11 is 0. The van der Waals surface area contributed by atoms with Crippen LogP contribution in [0.3, 0.4) is 0 Å². The maximum absolute atomic E-state index is 13.5. The van der Waals surface area contributed by atoms with Crippen LogP contribution in [0.2, 0.25) is 0 Å². The number of likely N-dealkylation sites (tertiary alicyclic amines) is 1. The Kier molecular flexibility index (Phi) is 14.1. The number of esters is 1. The van der Waals surface area contributed by atoms with Crippen molar-refractivity contribution >= 4 is 42.5 Å². The van der Waals surface area contributed by atoms with Crippen molar-refractivity contribution in [2.45, 2.75) is 31.4 Å². The zero-order valence-electron chi connectivity index (χ0n) is 23.0. The summed E-state index contributed by atoms with van der Waals surface area (Å²) in [6.07, 6.45) is 2.50. The smallest absolute Gasteiger partial charge is 0.347 e. The van der Waals surface area contributed by atoms with Gasteiger partial charge in [-0.05, 0) is 68.1 Å². The fraction of sp³-hybridized carbons (Fsp3) is 0.355. The van der Waals surface area contributed by atoms with Crippen LogP contribution in [-0.4, -0.2) is 54.8 Å². The first-order valence-electron chi connectivity index (χ1n) is 13.6. The number of benzene rings is 3. The van der Waals surface area contributed by atoms with Crippen LogP contribution >= 0.6 is 24.8 Å². The second-order valence-electron chi connectivity index (χ2n) is 9.98. The van der Waals surface area contributed by atoms with E-state index in [0.29, 0.717) is 36.3 Å². The molecule has 0 saturated carbocycles. The first-order valence-corrected chi connectivity index (χ1v) is 13.6. The Morgan fingerprint density at radius 1 is 0.927 bits per heavy atom. The van der Waals surface area contributed by atoms with E-state index in [2.05, 4.69) is 39.8 Å². The Labute approximate surface area is 254 Å². The molecule has 8 nitrogen and oxygen atoms in total. The van der Waals surface area contributed by atoms with E-state index in [1.54, 1.807) is 48.5 Å². The maximum Gasteiger partial charge on any atom is 0.347 e. The molecule has 0 radical (unpaired) electrons. The van der Waals surface area contributed by atoms with Crippen molar-refractivity contribution in [3.8, 4) is 0 Å². The summed E-state index contributed by atoms with van der Waals surface area (Å²) < 4.78 is 5.78. The van der Waals surface area contributed by atoms with Crippen LogP contribution in [-0.2, 0) is 21.7 Å². The number of urea groups is 1. The van der Waals surface area contributed by atoms with Crippen LogP contribution in [0.25, 0.3) is 0 Å². The van der Waals surface area contributed by atoms with Gasteiger partial charge in [0.05, 0.1) is 6.61 Å². The van der Waals surface area contributed by atoms with Crippen molar-refractivity contribution in [1.82, 2.24) is 10.2 Å². The third-order valence-corrected chi connectivity index (χ3v) is 7.10. The molecular weight excluding hydrogens is 563 g/mol. The van der Waals surface area contributed by atoms with Crippen LogP contribution in [0.1, 0.15) is 36.0 Å². The van der Waals surface area contributed by atoms with Crippen molar-refractivity contribution in [2.24, 2.45) is 11.7 Å². The molecule has 0 bridgehead atoms. The van der Waals surface area contributed by atoms with E-state index < -0.39 is 11.6 Å². The number of piperidine rings is 1. The van der Waals surface area contributed by atoms with Gasteiger partial charge in [0.15, 0.2) is 0 Å². The van der Waals surface area contributed by atoms with E-state index in [1.165, 1.54) is 5.56 Å². The third kappa shape index (κ3) is 9.45.